The van der Waals surface area contributed by atoms with E-state index >= 15 is 0 Å². The molecule has 2 aromatic rings. The van der Waals surface area contributed by atoms with Gasteiger partial charge in [-0.05, 0) is 61.8 Å². The predicted octanol–water partition coefficient (Wildman–Crippen LogP) is 3.45. The maximum atomic E-state index is 14.5. The van der Waals surface area contributed by atoms with Crippen LogP contribution >= 0.6 is 0 Å². The first-order valence-electron chi connectivity index (χ1n) is 17.8. The summed E-state index contributed by atoms with van der Waals surface area (Å²) in [6.45, 7) is 2.66. The van der Waals surface area contributed by atoms with E-state index in [9.17, 15) is 37.1 Å². The minimum absolute atomic E-state index is 0.0424. The van der Waals surface area contributed by atoms with E-state index in [-0.39, 0.29) is 55.8 Å². The number of hydrogen-bond donors (Lipinski definition) is 4. The summed E-state index contributed by atoms with van der Waals surface area (Å²) in [5, 5.41) is 16.5. The highest BCUT2D eigenvalue weighted by molar-refractivity contribution is 7.91. The lowest BCUT2D eigenvalue weighted by atomic mass is 9.85. The van der Waals surface area contributed by atoms with E-state index in [0.717, 1.165) is 5.39 Å². The normalized spacial score (nSPS) is 30.2. The highest BCUT2D eigenvalue weighted by atomic mass is 32.2. The summed E-state index contributed by atoms with van der Waals surface area (Å²) in [6.07, 6.45) is 4.05. The zero-order chi connectivity index (χ0) is 37.4. The Morgan fingerprint density at radius 3 is 2.62 bits per heavy atom. The van der Waals surface area contributed by atoms with Gasteiger partial charge in [0.2, 0.25) is 33.6 Å². The minimum atomic E-state index is -4.39. The number of allylic oxidation sites excluding steroid dienone is 1. The van der Waals surface area contributed by atoms with Crippen LogP contribution in [-0.2, 0) is 24.4 Å². The van der Waals surface area contributed by atoms with Gasteiger partial charge in [0, 0.05) is 23.8 Å². The van der Waals surface area contributed by atoms with Crippen molar-refractivity contribution in [2.45, 2.75) is 93.7 Å². The van der Waals surface area contributed by atoms with E-state index in [1.54, 1.807) is 12.1 Å². The molecule has 2 aliphatic heterocycles. The lowest BCUT2D eigenvalue weighted by Crippen LogP contribution is -2.59. The summed E-state index contributed by atoms with van der Waals surface area (Å²) in [6, 6.07) is 6.68. The Kier molecular flexibility index (Phi) is 10.4. The average Bonchev–Trinajstić information content (AvgIpc) is 4.02. The standard InChI is InChI=1S/C36H46FN5O9S/c1-4-22-15-21(2)9-5-7-11-24-18-36(24,33(45)41-52(48,49)35(20-37)13-14-35)40-30(43)27-17-25(19-42(27)32(44)29(22)39-34(46)47)51-31-26-12-8-6-10-23(26)16-28(38-31)50-3/h6-8,10-12,16,21-22,24-25,27,29,39H,4-5,9,13-15,17-20H2,1-3H3,(H,40,43)(H,41,45)(H,46,47)/t21-,22-,24-,25-,27+,29+,36-/m1/s1. The van der Waals surface area contributed by atoms with Crippen LogP contribution in [-0.4, -0.2) is 96.0 Å². The van der Waals surface area contributed by atoms with Gasteiger partial charge in [-0.3, -0.25) is 19.1 Å². The van der Waals surface area contributed by atoms with Crippen molar-refractivity contribution >= 4 is 44.6 Å². The number of sulfonamides is 1. The zero-order valence-corrected chi connectivity index (χ0v) is 30.3. The number of alkyl halides is 1. The number of rotatable bonds is 9. The summed E-state index contributed by atoms with van der Waals surface area (Å²) in [5.41, 5.74) is -1.66. The summed E-state index contributed by atoms with van der Waals surface area (Å²) in [4.78, 5) is 60.5. The molecule has 2 aliphatic carbocycles. The summed E-state index contributed by atoms with van der Waals surface area (Å²) < 4.78 is 52.1. The van der Waals surface area contributed by atoms with E-state index in [0.29, 0.717) is 31.1 Å². The van der Waals surface area contributed by atoms with Gasteiger partial charge in [-0.25, -0.2) is 17.6 Å². The molecule has 1 aromatic heterocycles. The monoisotopic (exact) mass is 743 g/mol. The highest BCUT2D eigenvalue weighted by Crippen LogP contribution is 2.48. The van der Waals surface area contributed by atoms with Gasteiger partial charge >= 0.3 is 6.09 Å². The fraction of sp³-hybridized carbons (Fsp3) is 0.583. The molecule has 1 saturated heterocycles. The van der Waals surface area contributed by atoms with Crippen LogP contribution in [0.5, 0.6) is 11.8 Å². The van der Waals surface area contributed by atoms with Crippen LogP contribution < -0.4 is 24.8 Å². The molecule has 3 heterocycles. The number of methoxy groups -OCH3 is 1. The van der Waals surface area contributed by atoms with Crippen LogP contribution in [0.1, 0.15) is 65.2 Å². The second-order valence-electron chi connectivity index (χ2n) is 14.6. The van der Waals surface area contributed by atoms with E-state index < -0.39 is 74.9 Å². The third kappa shape index (κ3) is 7.26. The molecule has 52 heavy (non-hydrogen) atoms. The molecule has 0 unspecified atom stereocenters. The SMILES string of the molecule is CC[C@@H]1C[C@H](C)CCC=C[C@@H]2C[C@@]2(C(=O)NS(=O)(=O)C2(CF)CC2)NC(=O)[C@@H]2C[C@@H](Oc3nc(OC)cc4ccccc34)CN2C(=O)[C@H]1NC(=O)O. The molecule has 2 saturated carbocycles. The lowest BCUT2D eigenvalue weighted by molar-refractivity contribution is -0.142. The highest BCUT2D eigenvalue weighted by Gasteiger charge is 2.64. The Balaban J connectivity index is 1.36. The maximum Gasteiger partial charge on any atom is 0.405 e. The number of ether oxygens (including phenoxy) is 2. The molecule has 0 spiro atoms. The van der Waals surface area contributed by atoms with Crippen LogP contribution in [0.4, 0.5) is 9.18 Å². The molecule has 4 amide bonds. The average molecular weight is 744 g/mol. The topological polar surface area (TPSA) is 193 Å². The van der Waals surface area contributed by atoms with E-state index in [2.05, 4.69) is 20.3 Å². The quantitative estimate of drug-likeness (QED) is 0.277. The molecular formula is C36H46FN5O9S. The van der Waals surface area contributed by atoms with Crippen molar-refractivity contribution in [3.63, 3.8) is 0 Å². The Morgan fingerprint density at radius 2 is 1.94 bits per heavy atom. The Labute approximate surface area is 301 Å². The third-order valence-corrected chi connectivity index (χ3v) is 13.2. The fourth-order valence-electron chi connectivity index (χ4n) is 7.60. The van der Waals surface area contributed by atoms with Crippen LogP contribution in [0.15, 0.2) is 42.5 Å². The number of carbonyl (C=O) groups is 4. The van der Waals surface area contributed by atoms with Crippen molar-refractivity contribution < 1.29 is 46.6 Å². The molecular weight excluding hydrogens is 697 g/mol. The van der Waals surface area contributed by atoms with Gasteiger partial charge in [0.25, 0.3) is 5.91 Å². The number of nitrogens with zero attached hydrogens (tertiary/aromatic N) is 2. The molecule has 14 nitrogen and oxygen atoms in total. The first kappa shape index (κ1) is 37.3. The summed E-state index contributed by atoms with van der Waals surface area (Å²) in [7, 11) is -2.92. The lowest BCUT2D eigenvalue weighted by Gasteiger charge is -2.33. The first-order valence-corrected chi connectivity index (χ1v) is 19.3. The van der Waals surface area contributed by atoms with Gasteiger partial charge in [0.1, 0.15) is 35.1 Å². The first-order chi connectivity index (χ1) is 24.8. The second-order valence-corrected chi connectivity index (χ2v) is 16.7. The number of carbonyl (C=O) groups excluding carboxylic acids is 3. The van der Waals surface area contributed by atoms with Crippen molar-refractivity contribution in [2.24, 2.45) is 17.8 Å². The fourth-order valence-corrected chi connectivity index (χ4v) is 9.02. The smallest absolute Gasteiger partial charge is 0.405 e. The van der Waals surface area contributed by atoms with Gasteiger partial charge in [-0.1, -0.05) is 50.6 Å². The molecule has 0 bridgehead atoms. The number of halogens is 1. The third-order valence-electron chi connectivity index (χ3n) is 11.1. The number of hydrogen-bond acceptors (Lipinski definition) is 9. The van der Waals surface area contributed by atoms with E-state index in [1.165, 1.54) is 12.0 Å². The molecule has 6 rings (SSSR count). The van der Waals surface area contributed by atoms with Crippen LogP contribution in [0.25, 0.3) is 10.8 Å². The molecule has 7 atom stereocenters. The summed E-state index contributed by atoms with van der Waals surface area (Å²) >= 11 is 0. The molecule has 282 valence electrons. The minimum Gasteiger partial charge on any atom is -0.481 e. The number of benzene rings is 1. The van der Waals surface area contributed by atoms with Crippen molar-refractivity contribution in [1.82, 2.24) is 25.2 Å². The van der Waals surface area contributed by atoms with Gasteiger partial charge in [0.15, 0.2) is 0 Å². The Bertz CT molecular complexity index is 1870. The van der Waals surface area contributed by atoms with E-state index in [4.69, 9.17) is 9.47 Å². The summed E-state index contributed by atoms with van der Waals surface area (Å²) in [5.74, 6) is -2.66. The van der Waals surface area contributed by atoms with Crippen LogP contribution in [0.2, 0.25) is 0 Å². The maximum absolute atomic E-state index is 14.5. The van der Waals surface area contributed by atoms with Crippen molar-refractivity contribution in [1.29, 1.82) is 0 Å². The van der Waals surface area contributed by atoms with Crippen LogP contribution in [0.3, 0.4) is 0 Å². The Morgan fingerprint density at radius 1 is 1.19 bits per heavy atom. The number of aromatic nitrogens is 1. The number of carboxylic acid groups (broad SMARTS) is 1. The van der Waals surface area contributed by atoms with Crippen LogP contribution in [0, 0.1) is 17.8 Å². The Hall–Kier alpha value is -4.47. The predicted molar refractivity (Wildman–Crippen MR) is 188 cm³/mol. The molecule has 1 aromatic carbocycles. The molecule has 4 aliphatic rings. The molecule has 16 heteroatoms. The number of amides is 4. The van der Waals surface area contributed by atoms with Gasteiger partial charge in [0.05, 0.1) is 13.7 Å². The number of nitrogens with one attached hydrogen (secondary N) is 3. The van der Waals surface area contributed by atoms with Gasteiger partial charge in [-0.2, -0.15) is 4.98 Å². The van der Waals surface area contributed by atoms with Crippen molar-refractivity contribution in [2.75, 3.05) is 20.3 Å². The molecule has 3 fully saturated rings. The zero-order valence-electron chi connectivity index (χ0n) is 29.5. The van der Waals surface area contributed by atoms with Crippen molar-refractivity contribution in [3.05, 3.63) is 42.5 Å². The molecule has 4 N–H and O–H groups in total. The van der Waals surface area contributed by atoms with Crippen molar-refractivity contribution in [3.8, 4) is 11.8 Å². The molecule has 0 radical (unpaired) electrons. The second kappa shape index (κ2) is 14.5. The largest absolute Gasteiger partial charge is 0.481 e. The van der Waals surface area contributed by atoms with E-state index in [1.807, 2.05) is 44.2 Å². The number of pyridine rings is 1. The van der Waals surface area contributed by atoms with Gasteiger partial charge in [-0.15, -0.1) is 0 Å². The number of fused-ring (bicyclic) bond motifs is 3. The van der Waals surface area contributed by atoms with Gasteiger partial charge < -0.3 is 30.1 Å².